The van der Waals surface area contributed by atoms with E-state index in [-0.39, 0.29) is 44.6 Å². The Bertz CT molecular complexity index is 804. The minimum absolute atomic E-state index is 0.0575. The summed E-state index contributed by atoms with van der Waals surface area (Å²) >= 11 is 0. The van der Waals surface area contributed by atoms with Crippen LogP contribution in [0.15, 0.2) is 24.3 Å². The molecule has 0 aliphatic heterocycles. The van der Waals surface area contributed by atoms with Crippen LogP contribution in [0.4, 0.5) is 5.69 Å². The van der Waals surface area contributed by atoms with Crippen LogP contribution in [0, 0.1) is 0 Å². The molecule has 0 radical (unpaired) electrons. The molecule has 234 valence electrons. The number of ether oxygens (including phenoxy) is 7. The van der Waals surface area contributed by atoms with Gasteiger partial charge in [0.25, 0.3) is 0 Å². The van der Waals surface area contributed by atoms with Gasteiger partial charge in [-0.25, -0.2) is 4.79 Å². The van der Waals surface area contributed by atoms with E-state index >= 15 is 0 Å². The highest BCUT2D eigenvalue weighted by atomic mass is 16.6. The normalized spacial score (nSPS) is 10.9. The summed E-state index contributed by atoms with van der Waals surface area (Å²) in [6.45, 7) is 7.27. The molecule has 0 bridgehead atoms. The summed E-state index contributed by atoms with van der Waals surface area (Å²) in [5.74, 6) is -1.59. The van der Waals surface area contributed by atoms with Gasteiger partial charge in [-0.05, 0) is 43.5 Å². The number of carboxylic acid groups (broad SMARTS) is 1. The second-order valence-corrected chi connectivity index (χ2v) is 8.88. The Morgan fingerprint density at radius 1 is 0.634 bits per heavy atom. The highest BCUT2D eigenvalue weighted by Gasteiger charge is 2.07. The van der Waals surface area contributed by atoms with Crippen molar-refractivity contribution in [3.05, 3.63) is 29.8 Å². The lowest BCUT2D eigenvalue weighted by Gasteiger charge is -2.09. The number of carbonyl (C=O) groups excluding carboxylic acids is 2. The summed E-state index contributed by atoms with van der Waals surface area (Å²) in [4.78, 5) is 33.9. The Morgan fingerprint density at radius 3 is 1.59 bits per heavy atom. The van der Waals surface area contributed by atoms with Crippen molar-refractivity contribution in [1.29, 1.82) is 0 Å². The summed E-state index contributed by atoms with van der Waals surface area (Å²) in [5, 5.41) is 11.8. The number of unbranched alkanes of at least 4 members (excludes halogenated alkanes) is 2. The molecule has 0 aromatic heterocycles. The van der Waals surface area contributed by atoms with Crippen molar-refractivity contribution in [1.82, 2.24) is 0 Å². The number of anilines is 1. The van der Waals surface area contributed by atoms with Crippen LogP contribution in [0.1, 0.15) is 55.8 Å². The molecule has 1 aromatic carbocycles. The van der Waals surface area contributed by atoms with E-state index in [1.165, 1.54) is 0 Å². The van der Waals surface area contributed by atoms with Gasteiger partial charge in [-0.1, -0.05) is 13.3 Å². The molecule has 0 heterocycles. The van der Waals surface area contributed by atoms with Crippen molar-refractivity contribution in [3.63, 3.8) is 0 Å². The Morgan fingerprint density at radius 2 is 1.10 bits per heavy atom. The molecule has 0 saturated heterocycles. The van der Waals surface area contributed by atoms with Crippen LogP contribution >= 0.6 is 0 Å². The predicted octanol–water partition coefficient (Wildman–Crippen LogP) is 3.33. The number of carbonyl (C=O) groups is 3. The molecule has 12 heteroatoms. The number of nitrogens with one attached hydrogen (secondary N) is 1. The minimum atomic E-state index is -0.865. The Hall–Kier alpha value is -2.77. The largest absolute Gasteiger partial charge is 0.481 e. The quantitative estimate of drug-likeness (QED) is 0.110. The van der Waals surface area contributed by atoms with Crippen molar-refractivity contribution >= 4 is 23.6 Å². The van der Waals surface area contributed by atoms with E-state index < -0.39 is 5.97 Å². The third-order valence-corrected chi connectivity index (χ3v) is 5.44. The van der Waals surface area contributed by atoms with E-state index in [0.717, 1.165) is 25.1 Å². The number of benzene rings is 1. The van der Waals surface area contributed by atoms with Gasteiger partial charge in [0.2, 0.25) is 0 Å². The fourth-order valence-corrected chi connectivity index (χ4v) is 3.22. The molecule has 12 nitrogen and oxygen atoms in total. The number of carboxylic acids is 1. The standard InChI is InChI=1S/C29H47NO11/c1-2-3-12-30-26-10-8-25(9-11-26)29(34)41-24-22-39-20-18-37-16-14-35-13-15-36-17-19-38-21-23-40-28(33)7-5-4-6-27(31)32/h8-11,30H,2-7,12-24H2,1H3,(H,31,32). The summed E-state index contributed by atoms with van der Waals surface area (Å²) in [5.41, 5.74) is 1.49. The van der Waals surface area contributed by atoms with Gasteiger partial charge in [0.15, 0.2) is 0 Å². The number of rotatable bonds is 28. The number of hydrogen-bond acceptors (Lipinski definition) is 11. The fourth-order valence-electron chi connectivity index (χ4n) is 3.22. The maximum Gasteiger partial charge on any atom is 0.338 e. The first-order valence-electron chi connectivity index (χ1n) is 14.3. The Kier molecular flexibility index (Phi) is 23.1. The molecule has 0 spiro atoms. The van der Waals surface area contributed by atoms with Gasteiger partial charge in [-0.3, -0.25) is 9.59 Å². The zero-order valence-corrected chi connectivity index (χ0v) is 24.3. The molecular weight excluding hydrogens is 538 g/mol. The first-order valence-corrected chi connectivity index (χ1v) is 14.3. The van der Waals surface area contributed by atoms with E-state index in [1.54, 1.807) is 12.1 Å². The van der Waals surface area contributed by atoms with Crippen LogP contribution in [0.25, 0.3) is 0 Å². The molecule has 0 unspecified atom stereocenters. The maximum atomic E-state index is 12.1. The van der Waals surface area contributed by atoms with Gasteiger partial charge >= 0.3 is 17.9 Å². The third kappa shape index (κ3) is 22.6. The van der Waals surface area contributed by atoms with Crippen LogP contribution in [-0.4, -0.2) is 109 Å². The molecule has 0 saturated carbocycles. The molecule has 1 rings (SSSR count). The molecule has 0 aliphatic carbocycles. The summed E-state index contributed by atoms with van der Waals surface area (Å²) in [7, 11) is 0. The monoisotopic (exact) mass is 585 g/mol. The van der Waals surface area contributed by atoms with E-state index in [4.69, 9.17) is 38.3 Å². The number of hydrogen-bond donors (Lipinski definition) is 2. The lowest BCUT2D eigenvalue weighted by atomic mass is 10.2. The summed E-state index contributed by atoms with van der Waals surface area (Å²) in [6, 6.07) is 7.24. The molecule has 0 aliphatic rings. The van der Waals surface area contributed by atoms with Gasteiger partial charge in [0, 0.05) is 25.1 Å². The second-order valence-electron chi connectivity index (χ2n) is 8.88. The van der Waals surface area contributed by atoms with Gasteiger partial charge in [-0.2, -0.15) is 0 Å². The van der Waals surface area contributed by atoms with Crippen molar-refractivity contribution < 1.29 is 52.6 Å². The summed E-state index contributed by atoms with van der Waals surface area (Å²) in [6.07, 6.45) is 3.45. The van der Waals surface area contributed by atoms with Crippen LogP contribution in [-0.2, 0) is 42.7 Å². The smallest absolute Gasteiger partial charge is 0.338 e. The van der Waals surface area contributed by atoms with E-state index in [0.29, 0.717) is 77.9 Å². The average Bonchev–Trinajstić information content (AvgIpc) is 2.96. The predicted molar refractivity (Wildman–Crippen MR) is 151 cm³/mol. The average molecular weight is 586 g/mol. The fraction of sp³-hybridized carbons (Fsp3) is 0.690. The second kappa shape index (κ2) is 26.1. The third-order valence-electron chi connectivity index (χ3n) is 5.44. The van der Waals surface area contributed by atoms with E-state index in [2.05, 4.69) is 12.2 Å². The molecule has 0 atom stereocenters. The first-order chi connectivity index (χ1) is 20.0. The van der Waals surface area contributed by atoms with Gasteiger partial charge < -0.3 is 43.6 Å². The van der Waals surface area contributed by atoms with Crippen LogP contribution < -0.4 is 5.32 Å². The van der Waals surface area contributed by atoms with Crippen molar-refractivity contribution in [2.75, 3.05) is 91.1 Å². The lowest BCUT2D eigenvalue weighted by Crippen LogP contribution is -2.15. The molecular formula is C29H47NO11. The zero-order chi connectivity index (χ0) is 29.8. The van der Waals surface area contributed by atoms with Crippen LogP contribution in [0.3, 0.4) is 0 Å². The van der Waals surface area contributed by atoms with Gasteiger partial charge in [-0.15, -0.1) is 0 Å². The van der Waals surface area contributed by atoms with E-state index in [1.807, 2.05) is 12.1 Å². The Labute approximate surface area is 242 Å². The topological polar surface area (TPSA) is 148 Å². The maximum absolute atomic E-state index is 12.1. The molecule has 0 fully saturated rings. The van der Waals surface area contributed by atoms with Gasteiger partial charge in [0.05, 0.1) is 71.6 Å². The lowest BCUT2D eigenvalue weighted by molar-refractivity contribution is -0.146. The molecule has 2 N–H and O–H groups in total. The van der Waals surface area contributed by atoms with Crippen molar-refractivity contribution in [3.8, 4) is 0 Å². The summed E-state index contributed by atoms with van der Waals surface area (Å²) < 4.78 is 37.2. The zero-order valence-electron chi connectivity index (χ0n) is 24.3. The molecule has 1 aromatic rings. The molecule has 41 heavy (non-hydrogen) atoms. The highest BCUT2D eigenvalue weighted by molar-refractivity contribution is 5.89. The highest BCUT2D eigenvalue weighted by Crippen LogP contribution is 2.11. The van der Waals surface area contributed by atoms with Crippen LogP contribution in [0.2, 0.25) is 0 Å². The van der Waals surface area contributed by atoms with Crippen LogP contribution in [0.5, 0.6) is 0 Å². The SMILES string of the molecule is CCCCNc1ccc(C(=O)OCCOCCOCCOCCOCCOCCOC(=O)CCCCC(=O)O)cc1. The minimum Gasteiger partial charge on any atom is -0.481 e. The van der Waals surface area contributed by atoms with Gasteiger partial charge in [0.1, 0.15) is 13.2 Å². The van der Waals surface area contributed by atoms with E-state index in [9.17, 15) is 14.4 Å². The van der Waals surface area contributed by atoms with Crippen molar-refractivity contribution in [2.24, 2.45) is 0 Å². The number of esters is 2. The Balaban J connectivity index is 1.79. The van der Waals surface area contributed by atoms with Crippen molar-refractivity contribution in [2.45, 2.75) is 45.4 Å². The molecule has 0 amide bonds. The number of aliphatic carboxylic acids is 1. The first kappa shape index (κ1) is 36.3.